The van der Waals surface area contributed by atoms with Gasteiger partial charge in [0.05, 0.1) is 6.61 Å². The number of esters is 1. The summed E-state index contributed by atoms with van der Waals surface area (Å²) in [5, 5.41) is 2.75. The number of aryl methyl sites for hydroxylation is 2. The van der Waals surface area contributed by atoms with Gasteiger partial charge in [0.25, 0.3) is 5.91 Å². The molecule has 2 aromatic rings. The van der Waals surface area contributed by atoms with E-state index in [9.17, 15) is 9.59 Å². The number of carbonyl (C=O) groups is 2. The number of para-hydroxylation sites is 2. The van der Waals surface area contributed by atoms with Crippen molar-refractivity contribution >= 4 is 17.6 Å². The molecule has 0 unspecified atom stereocenters. The highest BCUT2D eigenvalue weighted by Crippen LogP contribution is 2.26. The first-order valence-electron chi connectivity index (χ1n) is 9.07. The Morgan fingerprint density at radius 2 is 1.70 bits per heavy atom. The Labute approximate surface area is 158 Å². The van der Waals surface area contributed by atoms with Crippen LogP contribution in [0.4, 0.5) is 5.69 Å². The van der Waals surface area contributed by atoms with Crippen LogP contribution >= 0.6 is 0 Å². The molecule has 1 aliphatic rings. The molecule has 1 aliphatic carbocycles. The van der Waals surface area contributed by atoms with Gasteiger partial charge in [-0.15, -0.1) is 0 Å². The summed E-state index contributed by atoms with van der Waals surface area (Å²) < 4.78 is 15.8. The summed E-state index contributed by atoms with van der Waals surface area (Å²) in [5.41, 5.74) is 3.33. The Balaban J connectivity index is 1.43. The zero-order valence-electron chi connectivity index (χ0n) is 15.3. The number of ether oxygens (including phenoxy) is 3. The number of benzene rings is 2. The topological polar surface area (TPSA) is 73.9 Å². The molecular weight excluding hydrogens is 346 g/mol. The smallest absolute Gasteiger partial charge is 0.344 e. The molecule has 0 saturated heterocycles. The van der Waals surface area contributed by atoms with Crippen molar-refractivity contribution in [3.63, 3.8) is 0 Å². The van der Waals surface area contributed by atoms with Gasteiger partial charge in [-0.3, -0.25) is 4.79 Å². The lowest BCUT2D eigenvalue weighted by Gasteiger charge is -2.11. The van der Waals surface area contributed by atoms with Gasteiger partial charge < -0.3 is 19.5 Å². The molecule has 0 aliphatic heterocycles. The molecule has 1 N–H and O–H groups in total. The van der Waals surface area contributed by atoms with Crippen LogP contribution in [0.25, 0.3) is 0 Å². The molecule has 0 heterocycles. The Morgan fingerprint density at radius 1 is 0.963 bits per heavy atom. The third-order valence-electron chi connectivity index (χ3n) is 4.24. The molecule has 0 aromatic heterocycles. The van der Waals surface area contributed by atoms with Crippen LogP contribution in [0.1, 0.15) is 24.5 Å². The van der Waals surface area contributed by atoms with Crippen molar-refractivity contribution in [2.75, 3.05) is 25.1 Å². The summed E-state index contributed by atoms with van der Waals surface area (Å²) in [6.45, 7) is 1.71. The van der Waals surface area contributed by atoms with Crippen molar-refractivity contribution in [2.45, 2.75) is 26.2 Å². The molecule has 0 saturated carbocycles. The van der Waals surface area contributed by atoms with Gasteiger partial charge >= 0.3 is 5.97 Å². The Morgan fingerprint density at radius 3 is 2.48 bits per heavy atom. The molecule has 0 bridgehead atoms. The normalized spacial score (nSPS) is 12.2. The van der Waals surface area contributed by atoms with Crippen molar-refractivity contribution in [1.82, 2.24) is 0 Å². The largest absolute Gasteiger partial charge is 0.490 e. The summed E-state index contributed by atoms with van der Waals surface area (Å²) >= 11 is 0. The second-order valence-electron chi connectivity index (χ2n) is 6.21. The van der Waals surface area contributed by atoms with Crippen LogP contribution in [0.15, 0.2) is 42.5 Å². The van der Waals surface area contributed by atoms with Crippen molar-refractivity contribution in [2.24, 2.45) is 0 Å². The molecule has 2 aromatic carbocycles. The van der Waals surface area contributed by atoms with Gasteiger partial charge in [-0.05, 0) is 61.6 Å². The number of rotatable bonds is 8. The average molecular weight is 369 g/mol. The zero-order valence-corrected chi connectivity index (χ0v) is 15.3. The number of hydrogen-bond donors (Lipinski definition) is 1. The first kappa shape index (κ1) is 18.8. The minimum Gasteiger partial charge on any atom is -0.490 e. The Bertz CT molecular complexity index is 818. The van der Waals surface area contributed by atoms with E-state index in [1.54, 1.807) is 18.2 Å². The Kier molecular flexibility index (Phi) is 6.30. The van der Waals surface area contributed by atoms with Crippen LogP contribution in [-0.2, 0) is 27.2 Å². The first-order valence-corrected chi connectivity index (χ1v) is 9.07. The molecule has 27 heavy (non-hydrogen) atoms. The maximum absolute atomic E-state index is 12.0. The lowest BCUT2D eigenvalue weighted by Crippen LogP contribution is -2.23. The molecule has 1 amide bonds. The molecule has 3 rings (SSSR count). The van der Waals surface area contributed by atoms with Crippen LogP contribution in [0, 0.1) is 0 Å². The van der Waals surface area contributed by atoms with Gasteiger partial charge in [-0.25, -0.2) is 4.79 Å². The summed E-state index contributed by atoms with van der Waals surface area (Å²) in [6, 6.07) is 13.0. The number of nitrogens with one attached hydrogen (secondary N) is 1. The zero-order chi connectivity index (χ0) is 19.1. The van der Waals surface area contributed by atoms with Crippen molar-refractivity contribution in [3.05, 3.63) is 53.6 Å². The van der Waals surface area contributed by atoms with E-state index in [-0.39, 0.29) is 19.1 Å². The highest BCUT2D eigenvalue weighted by Gasteiger charge is 2.13. The summed E-state index contributed by atoms with van der Waals surface area (Å²) in [7, 11) is 0. The van der Waals surface area contributed by atoms with Gasteiger partial charge in [-0.2, -0.15) is 0 Å². The molecule has 0 radical (unpaired) electrons. The maximum Gasteiger partial charge on any atom is 0.344 e. The van der Waals surface area contributed by atoms with Crippen LogP contribution < -0.4 is 14.8 Å². The van der Waals surface area contributed by atoms with Crippen LogP contribution in [0.2, 0.25) is 0 Å². The van der Waals surface area contributed by atoms with E-state index in [2.05, 4.69) is 5.32 Å². The van der Waals surface area contributed by atoms with Crippen molar-refractivity contribution in [3.8, 4) is 11.5 Å². The molecule has 0 fully saturated rings. The SMILES string of the molecule is CCOc1ccccc1OCC(=O)OCC(=O)Nc1ccc2c(c1)CCC2. The van der Waals surface area contributed by atoms with E-state index in [0.717, 1.165) is 24.9 Å². The minimum absolute atomic E-state index is 0.295. The van der Waals surface area contributed by atoms with Gasteiger partial charge in [0.1, 0.15) is 0 Å². The highest BCUT2D eigenvalue weighted by molar-refractivity contribution is 5.93. The monoisotopic (exact) mass is 369 g/mol. The fourth-order valence-electron chi connectivity index (χ4n) is 3.02. The quantitative estimate of drug-likeness (QED) is 0.724. The second-order valence-corrected chi connectivity index (χ2v) is 6.21. The third kappa shape index (κ3) is 5.23. The van der Waals surface area contributed by atoms with Crippen molar-refractivity contribution < 1.29 is 23.8 Å². The van der Waals surface area contributed by atoms with E-state index in [1.165, 1.54) is 11.1 Å². The highest BCUT2D eigenvalue weighted by atomic mass is 16.6. The molecule has 0 atom stereocenters. The lowest BCUT2D eigenvalue weighted by atomic mass is 10.1. The minimum atomic E-state index is -0.620. The van der Waals surface area contributed by atoms with Gasteiger partial charge in [0, 0.05) is 5.69 Å². The van der Waals surface area contributed by atoms with Crippen molar-refractivity contribution in [1.29, 1.82) is 0 Å². The van der Waals surface area contributed by atoms with E-state index < -0.39 is 5.97 Å². The molecule has 0 spiro atoms. The molecule has 142 valence electrons. The molecule has 6 nitrogen and oxygen atoms in total. The number of carbonyl (C=O) groups excluding carboxylic acids is 2. The fourth-order valence-corrected chi connectivity index (χ4v) is 3.02. The van der Waals surface area contributed by atoms with E-state index >= 15 is 0 Å². The third-order valence-corrected chi connectivity index (χ3v) is 4.24. The van der Waals surface area contributed by atoms with Crippen LogP contribution in [0.5, 0.6) is 11.5 Å². The van der Waals surface area contributed by atoms with E-state index in [4.69, 9.17) is 14.2 Å². The first-order chi connectivity index (χ1) is 13.2. The predicted molar refractivity (Wildman–Crippen MR) is 101 cm³/mol. The number of hydrogen-bond acceptors (Lipinski definition) is 5. The van der Waals surface area contributed by atoms with Gasteiger partial charge in [-0.1, -0.05) is 18.2 Å². The summed E-state index contributed by atoms with van der Waals surface area (Å²) in [5.74, 6) is 0.0162. The second kappa shape index (κ2) is 9.07. The number of amides is 1. The average Bonchev–Trinajstić information content (AvgIpc) is 3.14. The number of anilines is 1. The molecule has 6 heteroatoms. The molecular formula is C21H23NO5. The van der Waals surface area contributed by atoms with Gasteiger partial charge in [0.2, 0.25) is 0 Å². The van der Waals surface area contributed by atoms with Crippen LogP contribution in [0.3, 0.4) is 0 Å². The summed E-state index contributed by atoms with van der Waals surface area (Å²) in [4.78, 5) is 23.8. The number of fused-ring (bicyclic) bond motifs is 1. The van der Waals surface area contributed by atoms with E-state index in [0.29, 0.717) is 18.1 Å². The Hall–Kier alpha value is -3.02. The van der Waals surface area contributed by atoms with Gasteiger partial charge in [0.15, 0.2) is 24.7 Å². The maximum atomic E-state index is 12.0. The lowest BCUT2D eigenvalue weighted by molar-refractivity contribution is -0.149. The predicted octanol–water partition coefficient (Wildman–Crippen LogP) is 3.13. The standard InChI is InChI=1S/C21H23NO5/c1-2-25-18-8-3-4-9-19(18)26-14-21(24)27-13-20(23)22-17-11-10-15-6-5-7-16(15)12-17/h3-4,8-12H,2,5-7,13-14H2,1H3,(H,22,23). The van der Waals surface area contributed by atoms with E-state index in [1.807, 2.05) is 31.2 Å². The summed E-state index contributed by atoms with van der Waals surface area (Å²) in [6.07, 6.45) is 3.28. The fraction of sp³-hybridized carbons (Fsp3) is 0.333. The van der Waals surface area contributed by atoms with Crippen LogP contribution in [-0.4, -0.2) is 31.7 Å².